The van der Waals surface area contributed by atoms with E-state index in [2.05, 4.69) is 33.8 Å². The number of carbonyl (C=O) groups is 1. The van der Waals surface area contributed by atoms with Gasteiger partial charge in [-0.3, -0.25) is 4.79 Å². The van der Waals surface area contributed by atoms with Crippen molar-refractivity contribution in [1.29, 1.82) is 0 Å². The maximum absolute atomic E-state index is 13.2. The Labute approximate surface area is 146 Å². The molecule has 4 rings (SSSR count). The first-order chi connectivity index (χ1) is 12.2. The maximum Gasteiger partial charge on any atom is 0.270 e. The molecule has 0 radical (unpaired) electrons. The minimum absolute atomic E-state index is 0.0861. The second-order valence-electron chi connectivity index (χ2n) is 6.59. The fourth-order valence-corrected chi connectivity index (χ4v) is 3.74. The highest BCUT2D eigenvalue weighted by Crippen LogP contribution is 2.27. The number of aryl methyl sites for hydroxylation is 2. The molecule has 1 amide bonds. The summed E-state index contributed by atoms with van der Waals surface area (Å²) in [7, 11) is 0. The predicted octanol–water partition coefficient (Wildman–Crippen LogP) is 3.37. The lowest BCUT2D eigenvalue weighted by atomic mass is 9.97. The molecule has 0 saturated carbocycles. The van der Waals surface area contributed by atoms with Crippen LogP contribution in [0.25, 0.3) is 10.9 Å². The van der Waals surface area contributed by atoms with E-state index in [9.17, 15) is 4.79 Å². The average molecular weight is 338 g/mol. The fourth-order valence-electron chi connectivity index (χ4n) is 3.74. The number of rotatable bonds is 3. The van der Waals surface area contributed by atoms with E-state index in [1.165, 1.54) is 0 Å². The topological polar surface area (TPSA) is 64.2 Å². The molecule has 6 nitrogen and oxygen atoms in total. The van der Waals surface area contributed by atoms with Crippen molar-refractivity contribution in [3.05, 3.63) is 47.7 Å². The highest BCUT2D eigenvalue weighted by molar-refractivity contribution is 5.98. The van der Waals surface area contributed by atoms with Gasteiger partial charge in [-0.25, -0.2) is 0 Å². The molecular weight excluding hydrogens is 316 g/mol. The lowest BCUT2D eigenvalue weighted by molar-refractivity contribution is 0.0693. The Morgan fingerprint density at radius 2 is 2.20 bits per heavy atom. The smallest absolute Gasteiger partial charge is 0.270 e. The van der Waals surface area contributed by atoms with Crippen molar-refractivity contribution in [2.24, 2.45) is 0 Å². The zero-order valence-corrected chi connectivity index (χ0v) is 14.6. The van der Waals surface area contributed by atoms with Gasteiger partial charge in [-0.05, 0) is 31.9 Å². The standard InChI is InChI=1S/C19H22N4O2/c1-3-23-16-9-5-4-7-14(16)11-17(23)19(24)22-10-6-8-15(12-22)18-20-13(2)25-21-18/h4-5,7,9,11,15H,3,6,8,10,12H2,1-2H3/t15-/m0/s1. The summed E-state index contributed by atoms with van der Waals surface area (Å²) in [6, 6.07) is 10.1. The molecule has 25 heavy (non-hydrogen) atoms. The summed E-state index contributed by atoms with van der Waals surface area (Å²) in [6.45, 7) is 6.06. The van der Waals surface area contributed by atoms with Crippen LogP contribution in [0.1, 0.15) is 47.9 Å². The van der Waals surface area contributed by atoms with Crippen LogP contribution in [0.5, 0.6) is 0 Å². The summed E-state index contributed by atoms with van der Waals surface area (Å²) in [5.74, 6) is 1.52. The number of fused-ring (bicyclic) bond motifs is 1. The number of nitrogens with zero attached hydrogens (tertiary/aromatic N) is 4. The van der Waals surface area contributed by atoms with Crippen molar-refractivity contribution in [1.82, 2.24) is 19.6 Å². The van der Waals surface area contributed by atoms with Crippen molar-refractivity contribution in [3.8, 4) is 0 Å². The monoisotopic (exact) mass is 338 g/mol. The van der Waals surface area contributed by atoms with Crippen LogP contribution in [0.15, 0.2) is 34.9 Å². The first-order valence-corrected chi connectivity index (χ1v) is 8.85. The number of carbonyl (C=O) groups excluding carboxylic acids is 1. The van der Waals surface area contributed by atoms with Crippen LogP contribution in [0.2, 0.25) is 0 Å². The SMILES string of the molecule is CCn1c(C(=O)N2CCC[C@H](c3noc(C)n3)C2)cc2ccccc21. The molecule has 1 aromatic carbocycles. The first-order valence-electron chi connectivity index (χ1n) is 8.85. The second-order valence-corrected chi connectivity index (χ2v) is 6.59. The normalized spacial score (nSPS) is 18.0. The van der Waals surface area contributed by atoms with Gasteiger partial charge in [0.1, 0.15) is 5.69 Å². The van der Waals surface area contributed by atoms with Crippen molar-refractivity contribution >= 4 is 16.8 Å². The summed E-state index contributed by atoms with van der Waals surface area (Å²) in [6.07, 6.45) is 1.94. The Kier molecular flexibility index (Phi) is 4.03. The number of piperidine rings is 1. The van der Waals surface area contributed by atoms with E-state index in [1.807, 2.05) is 23.1 Å². The zero-order chi connectivity index (χ0) is 17.4. The van der Waals surface area contributed by atoms with E-state index in [4.69, 9.17) is 4.52 Å². The minimum atomic E-state index is 0.0861. The molecule has 0 aliphatic carbocycles. The molecule has 1 fully saturated rings. The third kappa shape index (κ3) is 2.81. The molecule has 6 heteroatoms. The van der Waals surface area contributed by atoms with E-state index < -0.39 is 0 Å². The molecule has 2 aromatic heterocycles. The van der Waals surface area contributed by atoms with Gasteiger partial charge in [0.15, 0.2) is 5.82 Å². The first kappa shape index (κ1) is 15.9. The second kappa shape index (κ2) is 6.35. The summed E-state index contributed by atoms with van der Waals surface area (Å²) in [5, 5.41) is 5.15. The zero-order valence-electron chi connectivity index (χ0n) is 14.6. The van der Waals surface area contributed by atoms with Crippen molar-refractivity contribution < 1.29 is 9.32 Å². The summed E-state index contributed by atoms with van der Waals surface area (Å²) in [4.78, 5) is 19.5. The molecular formula is C19H22N4O2. The van der Waals surface area contributed by atoms with Crippen LogP contribution in [-0.2, 0) is 6.54 Å². The number of aromatic nitrogens is 3. The minimum Gasteiger partial charge on any atom is -0.340 e. The van der Waals surface area contributed by atoms with Crippen LogP contribution in [0.3, 0.4) is 0 Å². The van der Waals surface area contributed by atoms with Gasteiger partial charge in [0, 0.05) is 43.4 Å². The van der Waals surface area contributed by atoms with Gasteiger partial charge < -0.3 is 14.0 Å². The van der Waals surface area contributed by atoms with Gasteiger partial charge in [-0.15, -0.1) is 0 Å². The molecule has 130 valence electrons. The molecule has 1 atom stereocenters. The Bertz CT molecular complexity index is 911. The van der Waals surface area contributed by atoms with E-state index in [0.29, 0.717) is 18.3 Å². The van der Waals surface area contributed by atoms with Gasteiger partial charge in [0.25, 0.3) is 5.91 Å². The average Bonchev–Trinajstić information content (AvgIpc) is 3.24. The summed E-state index contributed by atoms with van der Waals surface area (Å²) in [5.41, 5.74) is 1.87. The Balaban J connectivity index is 1.62. The highest BCUT2D eigenvalue weighted by atomic mass is 16.5. The van der Waals surface area contributed by atoms with Crippen molar-refractivity contribution in [2.45, 2.75) is 39.2 Å². The third-order valence-electron chi connectivity index (χ3n) is 4.96. The van der Waals surface area contributed by atoms with Crippen molar-refractivity contribution in [3.63, 3.8) is 0 Å². The van der Waals surface area contributed by atoms with E-state index in [-0.39, 0.29) is 11.8 Å². The fraction of sp³-hybridized carbons (Fsp3) is 0.421. The van der Waals surface area contributed by atoms with Crippen LogP contribution in [0.4, 0.5) is 0 Å². The molecule has 1 saturated heterocycles. The van der Waals surface area contributed by atoms with Gasteiger partial charge in [-0.1, -0.05) is 23.4 Å². The van der Waals surface area contributed by atoms with Crippen LogP contribution in [-0.4, -0.2) is 38.6 Å². The molecule has 1 aliphatic heterocycles. The number of amides is 1. The molecule has 3 heterocycles. The lowest BCUT2D eigenvalue weighted by Crippen LogP contribution is -2.40. The number of likely N-dealkylation sites (tertiary alicyclic amines) is 1. The summed E-state index contributed by atoms with van der Waals surface area (Å²) >= 11 is 0. The molecule has 0 N–H and O–H groups in total. The maximum atomic E-state index is 13.2. The van der Waals surface area contributed by atoms with Crippen LogP contribution in [0, 0.1) is 6.92 Å². The number of hydrogen-bond donors (Lipinski definition) is 0. The lowest BCUT2D eigenvalue weighted by Gasteiger charge is -2.31. The molecule has 0 unspecified atom stereocenters. The number of benzene rings is 1. The van der Waals surface area contributed by atoms with Crippen molar-refractivity contribution in [2.75, 3.05) is 13.1 Å². The Morgan fingerprint density at radius 1 is 1.36 bits per heavy atom. The Hall–Kier alpha value is -2.63. The molecule has 0 bridgehead atoms. The molecule has 1 aliphatic rings. The largest absolute Gasteiger partial charge is 0.340 e. The van der Waals surface area contributed by atoms with E-state index in [0.717, 1.165) is 42.5 Å². The van der Waals surface area contributed by atoms with E-state index >= 15 is 0 Å². The van der Waals surface area contributed by atoms with Crippen LogP contribution < -0.4 is 0 Å². The van der Waals surface area contributed by atoms with Gasteiger partial charge in [-0.2, -0.15) is 4.98 Å². The summed E-state index contributed by atoms with van der Waals surface area (Å²) < 4.78 is 7.20. The highest BCUT2D eigenvalue weighted by Gasteiger charge is 2.29. The third-order valence-corrected chi connectivity index (χ3v) is 4.96. The quantitative estimate of drug-likeness (QED) is 0.734. The van der Waals surface area contributed by atoms with Crippen LogP contribution >= 0.6 is 0 Å². The van der Waals surface area contributed by atoms with Gasteiger partial charge >= 0.3 is 0 Å². The number of para-hydroxylation sites is 1. The van der Waals surface area contributed by atoms with Gasteiger partial charge in [0.2, 0.25) is 5.89 Å². The Morgan fingerprint density at radius 3 is 2.96 bits per heavy atom. The number of hydrogen-bond acceptors (Lipinski definition) is 4. The predicted molar refractivity (Wildman–Crippen MR) is 94.5 cm³/mol. The van der Waals surface area contributed by atoms with E-state index in [1.54, 1.807) is 6.92 Å². The molecule has 3 aromatic rings. The molecule has 0 spiro atoms. The van der Waals surface area contributed by atoms with Gasteiger partial charge in [0.05, 0.1) is 0 Å².